The summed E-state index contributed by atoms with van der Waals surface area (Å²) in [7, 11) is 0. The molecule has 2 rings (SSSR count). The summed E-state index contributed by atoms with van der Waals surface area (Å²) in [5, 5.41) is 0. The van der Waals surface area contributed by atoms with Crippen LogP contribution in [0.4, 0.5) is 5.69 Å². The molecule has 0 aromatic heterocycles. The van der Waals surface area contributed by atoms with Crippen molar-refractivity contribution in [3.8, 4) is 5.75 Å². The normalized spacial score (nSPS) is 10.2. The van der Waals surface area contributed by atoms with Crippen LogP contribution in [0, 0.1) is 0 Å². The van der Waals surface area contributed by atoms with Crippen LogP contribution in [0.2, 0.25) is 0 Å². The fourth-order valence-electron chi connectivity index (χ4n) is 1.72. The van der Waals surface area contributed by atoms with Crippen molar-refractivity contribution < 1.29 is 9.53 Å². The fourth-order valence-corrected chi connectivity index (χ4v) is 1.97. The first-order chi connectivity index (χ1) is 9.11. The summed E-state index contributed by atoms with van der Waals surface area (Å²) in [4.78, 5) is 12.3. The maximum atomic E-state index is 12.3. The van der Waals surface area contributed by atoms with Crippen LogP contribution in [-0.2, 0) is 0 Å². The number of hydrogen-bond acceptors (Lipinski definition) is 3. The summed E-state index contributed by atoms with van der Waals surface area (Å²) in [5.74, 6) is 0.705. The fraction of sp³-hybridized carbons (Fsp3) is 0.133. The molecule has 0 saturated heterocycles. The van der Waals surface area contributed by atoms with Crippen molar-refractivity contribution in [2.45, 2.75) is 6.92 Å². The molecule has 2 aromatic carbocycles. The molecule has 0 saturated carbocycles. The maximum absolute atomic E-state index is 12.3. The Morgan fingerprint density at radius 3 is 2.37 bits per heavy atom. The Hall–Kier alpha value is -1.81. The van der Waals surface area contributed by atoms with Crippen LogP contribution in [0.5, 0.6) is 5.75 Å². The first-order valence-corrected chi connectivity index (χ1v) is 6.73. The number of carbonyl (C=O) groups is 1. The van der Waals surface area contributed by atoms with Crippen molar-refractivity contribution in [3.05, 3.63) is 58.1 Å². The molecule has 0 atom stereocenters. The second kappa shape index (κ2) is 5.89. The molecule has 0 aliphatic carbocycles. The average molecular weight is 320 g/mol. The quantitative estimate of drug-likeness (QED) is 0.691. The van der Waals surface area contributed by atoms with E-state index in [1.54, 1.807) is 42.5 Å². The summed E-state index contributed by atoms with van der Waals surface area (Å²) in [6.07, 6.45) is 0. The van der Waals surface area contributed by atoms with E-state index < -0.39 is 0 Å². The third kappa shape index (κ3) is 3.15. The zero-order valence-corrected chi connectivity index (χ0v) is 12.1. The Labute approximate surface area is 120 Å². The lowest BCUT2D eigenvalue weighted by Gasteiger charge is -2.06. The monoisotopic (exact) mass is 319 g/mol. The molecule has 0 fully saturated rings. The molecule has 2 N–H and O–H groups in total. The predicted molar refractivity (Wildman–Crippen MR) is 79.6 cm³/mol. The highest BCUT2D eigenvalue weighted by Gasteiger charge is 2.10. The minimum Gasteiger partial charge on any atom is -0.494 e. The van der Waals surface area contributed by atoms with E-state index >= 15 is 0 Å². The number of halogens is 1. The Kier molecular flexibility index (Phi) is 4.22. The van der Waals surface area contributed by atoms with Crippen LogP contribution in [0.15, 0.2) is 46.9 Å². The van der Waals surface area contributed by atoms with E-state index in [1.807, 2.05) is 6.92 Å². The number of carbonyl (C=O) groups excluding carboxylic acids is 1. The largest absolute Gasteiger partial charge is 0.494 e. The van der Waals surface area contributed by atoms with E-state index in [-0.39, 0.29) is 5.78 Å². The first-order valence-electron chi connectivity index (χ1n) is 5.94. The molecule has 0 radical (unpaired) electrons. The lowest BCUT2D eigenvalue weighted by Crippen LogP contribution is -2.02. The van der Waals surface area contributed by atoms with Crippen molar-refractivity contribution >= 4 is 27.4 Å². The van der Waals surface area contributed by atoms with Crippen LogP contribution in [-0.4, -0.2) is 12.4 Å². The Morgan fingerprint density at radius 1 is 1.16 bits per heavy atom. The van der Waals surface area contributed by atoms with Gasteiger partial charge in [0.25, 0.3) is 0 Å². The SMILES string of the molecule is CCOc1ccc(C(=O)c2ccc(Br)c(N)c2)cc1. The van der Waals surface area contributed by atoms with Gasteiger partial charge in [0.05, 0.1) is 6.61 Å². The van der Waals surface area contributed by atoms with Crippen molar-refractivity contribution in [3.63, 3.8) is 0 Å². The Balaban J connectivity index is 2.25. The van der Waals surface area contributed by atoms with Crippen LogP contribution in [0.3, 0.4) is 0 Å². The van der Waals surface area contributed by atoms with Gasteiger partial charge >= 0.3 is 0 Å². The number of nitrogens with two attached hydrogens (primary N) is 1. The number of benzene rings is 2. The van der Waals surface area contributed by atoms with Crippen molar-refractivity contribution in [1.29, 1.82) is 0 Å². The Bertz CT molecular complexity index is 594. The van der Waals surface area contributed by atoms with Gasteiger partial charge in [-0.3, -0.25) is 4.79 Å². The van der Waals surface area contributed by atoms with Crippen LogP contribution in [0.1, 0.15) is 22.8 Å². The molecule has 0 aliphatic heterocycles. The number of ether oxygens (including phenoxy) is 1. The van der Waals surface area contributed by atoms with E-state index in [2.05, 4.69) is 15.9 Å². The average Bonchev–Trinajstić information content (AvgIpc) is 2.42. The molecular weight excluding hydrogens is 306 g/mol. The summed E-state index contributed by atoms with van der Waals surface area (Å²) >= 11 is 3.31. The molecule has 0 aliphatic rings. The molecule has 0 heterocycles. The topological polar surface area (TPSA) is 52.3 Å². The van der Waals surface area contributed by atoms with E-state index in [9.17, 15) is 4.79 Å². The van der Waals surface area contributed by atoms with Gasteiger partial charge in [-0.05, 0) is 65.3 Å². The second-order valence-electron chi connectivity index (χ2n) is 4.02. The first kappa shape index (κ1) is 13.6. The number of nitrogen functional groups attached to an aromatic ring is 1. The minimum atomic E-state index is -0.0535. The third-order valence-corrected chi connectivity index (χ3v) is 3.41. The van der Waals surface area contributed by atoms with Gasteiger partial charge in [-0.2, -0.15) is 0 Å². The number of ketones is 1. The summed E-state index contributed by atoms with van der Waals surface area (Å²) in [5.41, 5.74) is 7.52. The molecule has 0 spiro atoms. The summed E-state index contributed by atoms with van der Waals surface area (Å²) in [6, 6.07) is 12.3. The maximum Gasteiger partial charge on any atom is 0.193 e. The highest BCUT2D eigenvalue weighted by molar-refractivity contribution is 9.10. The molecule has 19 heavy (non-hydrogen) atoms. The number of rotatable bonds is 4. The zero-order chi connectivity index (χ0) is 13.8. The van der Waals surface area contributed by atoms with Gasteiger partial charge < -0.3 is 10.5 Å². The number of anilines is 1. The van der Waals surface area contributed by atoms with Gasteiger partial charge in [-0.25, -0.2) is 0 Å². The highest BCUT2D eigenvalue weighted by Crippen LogP contribution is 2.22. The third-order valence-electron chi connectivity index (χ3n) is 2.69. The smallest absolute Gasteiger partial charge is 0.193 e. The van der Waals surface area contributed by atoms with Crippen molar-refractivity contribution in [2.24, 2.45) is 0 Å². The molecule has 4 heteroatoms. The molecule has 0 unspecified atom stereocenters. The van der Waals surface area contributed by atoms with Crippen molar-refractivity contribution in [2.75, 3.05) is 12.3 Å². The van der Waals surface area contributed by atoms with Crippen molar-refractivity contribution in [1.82, 2.24) is 0 Å². The van der Waals surface area contributed by atoms with Gasteiger partial charge in [0.2, 0.25) is 0 Å². The van der Waals surface area contributed by atoms with Gasteiger partial charge in [0.1, 0.15) is 5.75 Å². The lowest BCUT2D eigenvalue weighted by atomic mass is 10.0. The standard InChI is InChI=1S/C15H14BrNO2/c1-2-19-12-6-3-10(4-7-12)15(18)11-5-8-13(16)14(17)9-11/h3-9H,2,17H2,1H3. The van der Waals surface area contributed by atoms with E-state index in [0.29, 0.717) is 23.4 Å². The van der Waals surface area contributed by atoms with E-state index in [4.69, 9.17) is 10.5 Å². The van der Waals surface area contributed by atoms with Crippen LogP contribution >= 0.6 is 15.9 Å². The lowest BCUT2D eigenvalue weighted by molar-refractivity contribution is 0.103. The highest BCUT2D eigenvalue weighted by atomic mass is 79.9. The summed E-state index contributed by atoms with van der Waals surface area (Å²) < 4.78 is 6.13. The van der Waals surface area contributed by atoms with Gasteiger partial charge in [-0.15, -0.1) is 0 Å². The molecule has 2 aromatic rings. The molecule has 0 amide bonds. The number of hydrogen-bond donors (Lipinski definition) is 1. The second-order valence-corrected chi connectivity index (χ2v) is 4.88. The van der Waals surface area contributed by atoms with Gasteiger partial charge in [0.15, 0.2) is 5.78 Å². The minimum absolute atomic E-state index is 0.0535. The van der Waals surface area contributed by atoms with Crippen LogP contribution < -0.4 is 10.5 Å². The predicted octanol–water partition coefficient (Wildman–Crippen LogP) is 3.66. The Morgan fingerprint density at radius 2 is 1.79 bits per heavy atom. The molecule has 3 nitrogen and oxygen atoms in total. The zero-order valence-electron chi connectivity index (χ0n) is 10.5. The van der Waals surface area contributed by atoms with E-state index in [0.717, 1.165) is 10.2 Å². The van der Waals surface area contributed by atoms with Gasteiger partial charge in [0, 0.05) is 21.3 Å². The van der Waals surface area contributed by atoms with Gasteiger partial charge in [-0.1, -0.05) is 0 Å². The van der Waals surface area contributed by atoms with Crippen LogP contribution in [0.25, 0.3) is 0 Å². The molecular formula is C15H14BrNO2. The molecule has 0 bridgehead atoms. The summed E-state index contributed by atoms with van der Waals surface area (Å²) in [6.45, 7) is 2.53. The molecule has 98 valence electrons. The van der Waals surface area contributed by atoms with E-state index in [1.165, 1.54) is 0 Å².